The minimum Gasteiger partial charge on any atom is -0.480 e. The maximum atomic E-state index is 12.9. The lowest BCUT2D eigenvalue weighted by Gasteiger charge is -2.40. The smallest absolute Gasteiger partial charge is 0.323 e. The summed E-state index contributed by atoms with van der Waals surface area (Å²) >= 11 is 0. The first kappa shape index (κ1) is 15.1. The van der Waals surface area contributed by atoms with E-state index in [1.54, 1.807) is 4.90 Å². The Kier molecular flexibility index (Phi) is 3.94. The van der Waals surface area contributed by atoms with Gasteiger partial charge in [-0.3, -0.25) is 9.59 Å². The van der Waals surface area contributed by atoms with E-state index in [0.29, 0.717) is 0 Å². The number of aliphatic carboxylic acids is 1. The maximum absolute atomic E-state index is 12.9. The third-order valence-corrected chi connectivity index (χ3v) is 5.28. The van der Waals surface area contributed by atoms with Crippen molar-refractivity contribution in [1.82, 2.24) is 4.90 Å². The van der Waals surface area contributed by atoms with Crippen molar-refractivity contribution in [3.05, 3.63) is 35.4 Å². The van der Waals surface area contributed by atoms with E-state index in [0.717, 1.165) is 37.7 Å². The molecular weight excluding hydrogens is 278 g/mol. The molecule has 1 aliphatic heterocycles. The molecule has 1 saturated heterocycles. The third-order valence-electron chi connectivity index (χ3n) is 5.28. The number of aryl methyl sites for hydroxylation is 1. The summed E-state index contributed by atoms with van der Waals surface area (Å²) in [6.45, 7) is 1.86. The van der Waals surface area contributed by atoms with Crippen LogP contribution >= 0.6 is 0 Å². The molecular formula is C18H23NO3. The third kappa shape index (κ3) is 2.62. The molecule has 1 amide bonds. The first-order valence-corrected chi connectivity index (χ1v) is 8.12. The molecule has 22 heavy (non-hydrogen) atoms. The minimum absolute atomic E-state index is 0.00634. The fourth-order valence-corrected chi connectivity index (χ4v) is 4.12. The number of hydrogen-bond donors (Lipinski definition) is 1. The highest BCUT2D eigenvalue weighted by Gasteiger charge is 2.51. The molecule has 1 aromatic carbocycles. The lowest BCUT2D eigenvalue weighted by atomic mass is 9.77. The van der Waals surface area contributed by atoms with Crippen LogP contribution in [0.1, 0.15) is 55.6 Å². The van der Waals surface area contributed by atoms with Crippen LogP contribution in [0.3, 0.4) is 0 Å². The minimum atomic E-state index is -0.914. The second kappa shape index (κ2) is 5.75. The predicted molar refractivity (Wildman–Crippen MR) is 83.7 cm³/mol. The van der Waals surface area contributed by atoms with Crippen molar-refractivity contribution in [2.24, 2.45) is 0 Å². The van der Waals surface area contributed by atoms with Gasteiger partial charge in [-0.1, -0.05) is 49.1 Å². The number of carboxylic acids is 1. The molecule has 4 nitrogen and oxygen atoms in total. The van der Waals surface area contributed by atoms with E-state index in [4.69, 9.17) is 0 Å². The van der Waals surface area contributed by atoms with Crippen molar-refractivity contribution in [3.8, 4) is 0 Å². The van der Waals surface area contributed by atoms with Gasteiger partial charge in [0.2, 0.25) is 5.91 Å². The van der Waals surface area contributed by atoms with E-state index >= 15 is 0 Å². The Hall–Kier alpha value is -1.84. The predicted octanol–water partition coefficient (Wildman–Crippen LogP) is 3.10. The molecule has 1 N–H and O–H groups in total. The topological polar surface area (TPSA) is 57.6 Å². The number of hydrogen-bond acceptors (Lipinski definition) is 2. The van der Waals surface area contributed by atoms with Gasteiger partial charge in [-0.2, -0.15) is 0 Å². The van der Waals surface area contributed by atoms with Crippen molar-refractivity contribution in [1.29, 1.82) is 0 Å². The fraction of sp³-hybridized carbons (Fsp3) is 0.556. The summed E-state index contributed by atoms with van der Waals surface area (Å²) in [5.74, 6) is -1.10. The number of benzene rings is 1. The van der Waals surface area contributed by atoms with E-state index in [-0.39, 0.29) is 23.9 Å². The summed E-state index contributed by atoms with van der Waals surface area (Å²) in [4.78, 5) is 25.7. The number of amides is 1. The van der Waals surface area contributed by atoms with Crippen LogP contribution < -0.4 is 0 Å². The quantitative estimate of drug-likeness (QED) is 0.933. The van der Waals surface area contributed by atoms with Crippen LogP contribution in [0.25, 0.3) is 0 Å². The molecule has 0 bridgehead atoms. The van der Waals surface area contributed by atoms with Crippen LogP contribution in [0.5, 0.6) is 0 Å². The number of carbonyl (C=O) groups excluding carboxylic acids is 1. The molecule has 1 aliphatic carbocycles. The zero-order valence-electron chi connectivity index (χ0n) is 13.0. The highest BCUT2D eigenvalue weighted by atomic mass is 16.4. The molecule has 0 aromatic heterocycles. The van der Waals surface area contributed by atoms with Gasteiger partial charge in [0, 0.05) is 5.54 Å². The number of rotatable bonds is 3. The number of carboxylic acid groups (broad SMARTS) is 1. The molecule has 118 valence electrons. The number of nitrogens with zero attached hydrogens (tertiary/aromatic N) is 1. The summed E-state index contributed by atoms with van der Waals surface area (Å²) < 4.78 is 0. The molecule has 2 fully saturated rings. The molecule has 1 spiro atoms. The van der Waals surface area contributed by atoms with E-state index < -0.39 is 5.97 Å². The average Bonchev–Trinajstić information content (AvgIpc) is 2.74. The largest absolute Gasteiger partial charge is 0.480 e. The van der Waals surface area contributed by atoms with Crippen molar-refractivity contribution in [2.45, 2.75) is 56.9 Å². The summed E-state index contributed by atoms with van der Waals surface area (Å²) in [6.07, 6.45) is 6.00. The Labute approximate surface area is 131 Å². The van der Waals surface area contributed by atoms with Gasteiger partial charge >= 0.3 is 5.97 Å². The SMILES string of the molecule is Cc1ccc(C2CC3(CCCCC3)N(CC(=O)O)C2=O)cc1. The highest BCUT2D eigenvalue weighted by molar-refractivity contribution is 5.90. The summed E-state index contributed by atoms with van der Waals surface area (Å²) in [7, 11) is 0. The van der Waals surface area contributed by atoms with Gasteiger partial charge in [0.15, 0.2) is 0 Å². The summed E-state index contributed by atoms with van der Waals surface area (Å²) in [5.41, 5.74) is 1.96. The zero-order valence-corrected chi connectivity index (χ0v) is 13.0. The van der Waals surface area contributed by atoms with Crippen LogP contribution in [-0.2, 0) is 9.59 Å². The lowest BCUT2D eigenvalue weighted by Crippen LogP contribution is -2.49. The Morgan fingerprint density at radius 2 is 1.86 bits per heavy atom. The van der Waals surface area contributed by atoms with Crippen LogP contribution in [-0.4, -0.2) is 34.0 Å². The monoisotopic (exact) mass is 301 g/mol. The Morgan fingerprint density at radius 3 is 2.45 bits per heavy atom. The Balaban J connectivity index is 1.92. The van der Waals surface area contributed by atoms with Gasteiger partial charge in [-0.25, -0.2) is 0 Å². The van der Waals surface area contributed by atoms with E-state index in [9.17, 15) is 14.7 Å². The van der Waals surface area contributed by atoms with E-state index in [2.05, 4.69) is 0 Å². The standard InChI is InChI=1S/C18H23NO3/c1-13-5-7-14(8-6-13)15-11-18(9-3-2-4-10-18)19(17(15)22)12-16(20)21/h5-8,15H,2-4,9-12H2,1H3,(H,20,21). The van der Waals surface area contributed by atoms with Gasteiger partial charge < -0.3 is 10.0 Å². The van der Waals surface area contributed by atoms with Crippen LogP contribution in [0.4, 0.5) is 0 Å². The van der Waals surface area contributed by atoms with E-state index in [1.807, 2.05) is 31.2 Å². The van der Waals surface area contributed by atoms with Crippen molar-refractivity contribution in [3.63, 3.8) is 0 Å². The second-order valence-electron chi connectivity index (χ2n) is 6.77. The number of carbonyl (C=O) groups is 2. The molecule has 1 unspecified atom stereocenters. The molecule has 4 heteroatoms. The Morgan fingerprint density at radius 1 is 1.23 bits per heavy atom. The first-order valence-electron chi connectivity index (χ1n) is 8.12. The van der Waals surface area contributed by atoms with Gasteiger partial charge in [-0.05, 0) is 31.7 Å². The average molecular weight is 301 g/mol. The van der Waals surface area contributed by atoms with Crippen LogP contribution in [0.15, 0.2) is 24.3 Å². The van der Waals surface area contributed by atoms with Crippen molar-refractivity contribution in [2.75, 3.05) is 6.54 Å². The lowest BCUT2D eigenvalue weighted by molar-refractivity contribution is -0.146. The van der Waals surface area contributed by atoms with Crippen molar-refractivity contribution < 1.29 is 14.7 Å². The second-order valence-corrected chi connectivity index (χ2v) is 6.77. The number of likely N-dealkylation sites (tertiary alicyclic amines) is 1. The van der Waals surface area contributed by atoms with Crippen molar-refractivity contribution >= 4 is 11.9 Å². The van der Waals surface area contributed by atoms with Gasteiger partial charge in [0.1, 0.15) is 6.54 Å². The first-order chi connectivity index (χ1) is 10.5. The normalized spacial score (nSPS) is 24.0. The van der Waals surface area contributed by atoms with Crippen LogP contribution in [0, 0.1) is 6.92 Å². The molecule has 0 radical (unpaired) electrons. The van der Waals surface area contributed by atoms with Crippen LogP contribution in [0.2, 0.25) is 0 Å². The molecule has 1 atom stereocenters. The maximum Gasteiger partial charge on any atom is 0.323 e. The van der Waals surface area contributed by atoms with Gasteiger partial charge in [0.25, 0.3) is 0 Å². The Bertz CT molecular complexity index is 572. The molecule has 1 aromatic rings. The zero-order chi connectivity index (χ0) is 15.7. The molecule has 1 saturated carbocycles. The molecule has 3 rings (SSSR count). The highest BCUT2D eigenvalue weighted by Crippen LogP contribution is 2.47. The van der Waals surface area contributed by atoms with E-state index in [1.165, 1.54) is 12.0 Å². The molecule has 1 heterocycles. The molecule has 2 aliphatic rings. The summed E-state index contributed by atoms with van der Waals surface area (Å²) in [6, 6.07) is 8.07. The fourth-order valence-electron chi connectivity index (χ4n) is 4.12. The van der Waals surface area contributed by atoms with Gasteiger partial charge in [0.05, 0.1) is 5.92 Å². The van der Waals surface area contributed by atoms with Gasteiger partial charge in [-0.15, -0.1) is 0 Å². The summed E-state index contributed by atoms with van der Waals surface area (Å²) in [5, 5.41) is 9.20.